The fourth-order valence-corrected chi connectivity index (χ4v) is 3.68. The number of aliphatic imine (C=N–C) groups is 1. The summed E-state index contributed by atoms with van der Waals surface area (Å²) >= 11 is 0. The second-order valence-corrected chi connectivity index (χ2v) is 9.40. The number of carbonyl (C=O) groups is 1. The molecule has 0 amide bonds. The molecule has 0 aliphatic heterocycles. The minimum atomic E-state index is -0.422. The standard InChI is InChI=1S/C28H47NO2/c1-6-7-8-9-10-11-12-13-14-15-20-31-28(30)25(5)29-22-24(4)21-26-16-18-27(19-17-26)23(2)3/h16-19,22-25H,6-15,20-21H2,1-5H3. The predicted molar refractivity (Wildman–Crippen MR) is 134 cm³/mol. The third-order valence-corrected chi connectivity index (χ3v) is 5.85. The number of nitrogens with zero attached hydrogens (tertiary/aromatic N) is 1. The van der Waals surface area contributed by atoms with Gasteiger partial charge in [-0.3, -0.25) is 4.99 Å². The van der Waals surface area contributed by atoms with E-state index < -0.39 is 6.04 Å². The van der Waals surface area contributed by atoms with Crippen molar-refractivity contribution in [3.05, 3.63) is 35.4 Å². The largest absolute Gasteiger partial charge is 0.464 e. The maximum Gasteiger partial charge on any atom is 0.330 e. The Morgan fingerprint density at radius 3 is 1.97 bits per heavy atom. The van der Waals surface area contributed by atoms with E-state index in [0.29, 0.717) is 18.4 Å². The summed E-state index contributed by atoms with van der Waals surface area (Å²) in [5, 5.41) is 0. The van der Waals surface area contributed by atoms with Crippen LogP contribution in [0, 0.1) is 5.92 Å². The number of carbonyl (C=O) groups excluding carboxylic acids is 1. The average molecular weight is 430 g/mol. The first-order valence-electron chi connectivity index (χ1n) is 12.7. The highest BCUT2D eigenvalue weighted by Crippen LogP contribution is 2.16. The second kappa shape index (κ2) is 17.0. The summed E-state index contributed by atoms with van der Waals surface area (Å²) in [5.74, 6) is 0.642. The monoisotopic (exact) mass is 429 g/mol. The first kappa shape index (κ1) is 27.4. The molecule has 0 saturated carbocycles. The fraction of sp³-hybridized carbons (Fsp3) is 0.714. The molecule has 2 atom stereocenters. The van der Waals surface area contributed by atoms with Crippen LogP contribution in [0.3, 0.4) is 0 Å². The summed E-state index contributed by atoms with van der Waals surface area (Å²) in [5.41, 5.74) is 2.67. The van der Waals surface area contributed by atoms with Crippen LogP contribution in [0.25, 0.3) is 0 Å². The van der Waals surface area contributed by atoms with Crippen LogP contribution < -0.4 is 0 Å². The molecule has 0 heterocycles. The first-order valence-corrected chi connectivity index (χ1v) is 12.7. The quantitative estimate of drug-likeness (QED) is 0.143. The second-order valence-electron chi connectivity index (χ2n) is 9.40. The number of hydrogen-bond acceptors (Lipinski definition) is 3. The van der Waals surface area contributed by atoms with Crippen LogP contribution >= 0.6 is 0 Å². The van der Waals surface area contributed by atoms with E-state index >= 15 is 0 Å². The Morgan fingerprint density at radius 1 is 0.871 bits per heavy atom. The Bertz CT molecular complexity index is 606. The number of hydrogen-bond donors (Lipinski definition) is 0. The molecule has 0 spiro atoms. The highest BCUT2D eigenvalue weighted by molar-refractivity contribution is 5.77. The van der Waals surface area contributed by atoms with Crippen LogP contribution in [0.1, 0.15) is 116 Å². The molecule has 176 valence electrons. The first-order chi connectivity index (χ1) is 14.9. The van der Waals surface area contributed by atoms with Crippen LogP contribution in [-0.2, 0) is 16.0 Å². The van der Waals surface area contributed by atoms with Crippen molar-refractivity contribution in [1.82, 2.24) is 0 Å². The van der Waals surface area contributed by atoms with E-state index in [-0.39, 0.29) is 5.97 Å². The fourth-order valence-electron chi connectivity index (χ4n) is 3.68. The molecule has 0 aliphatic rings. The van der Waals surface area contributed by atoms with Gasteiger partial charge in [0, 0.05) is 6.21 Å². The molecule has 0 aromatic heterocycles. The third kappa shape index (κ3) is 13.4. The van der Waals surface area contributed by atoms with Gasteiger partial charge in [-0.15, -0.1) is 0 Å². The lowest BCUT2D eigenvalue weighted by Crippen LogP contribution is -2.19. The molecule has 3 heteroatoms. The molecule has 3 nitrogen and oxygen atoms in total. The van der Waals surface area contributed by atoms with Gasteiger partial charge in [0.1, 0.15) is 6.04 Å². The maximum absolute atomic E-state index is 12.1. The zero-order chi connectivity index (χ0) is 22.9. The topological polar surface area (TPSA) is 38.7 Å². The molecule has 0 radical (unpaired) electrons. The Balaban J connectivity index is 2.13. The van der Waals surface area contributed by atoms with Crippen molar-refractivity contribution in [2.45, 2.75) is 117 Å². The molecule has 0 saturated heterocycles. The summed E-state index contributed by atoms with van der Waals surface area (Å²) in [6.45, 7) is 11.2. The summed E-state index contributed by atoms with van der Waals surface area (Å²) < 4.78 is 5.41. The predicted octanol–water partition coefficient (Wildman–Crippen LogP) is 7.91. The summed E-state index contributed by atoms with van der Waals surface area (Å²) in [7, 11) is 0. The number of ether oxygens (including phenoxy) is 1. The number of rotatable bonds is 17. The summed E-state index contributed by atoms with van der Waals surface area (Å²) in [6.07, 6.45) is 15.7. The van der Waals surface area contributed by atoms with Gasteiger partial charge in [0.15, 0.2) is 0 Å². The van der Waals surface area contributed by atoms with Crippen LogP contribution in [0.5, 0.6) is 0 Å². The van der Waals surface area contributed by atoms with Crippen LogP contribution in [0.15, 0.2) is 29.3 Å². The molecule has 1 rings (SSSR count). The zero-order valence-electron chi connectivity index (χ0n) is 20.9. The molecule has 2 unspecified atom stereocenters. The van der Waals surface area contributed by atoms with Gasteiger partial charge in [0.2, 0.25) is 0 Å². The van der Waals surface area contributed by atoms with E-state index in [9.17, 15) is 4.79 Å². The van der Waals surface area contributed by atoms with Crippen molar-refractivity contribution >= 4 is 12.2 Å². The van der Waals surface area contributed by atoms with Crippen LogP contribution in [0.2, 0.25) is 0 Å². The molecule has 0 bridgehead atoms. The summed E-state index contributed by atoms with van der Waals surface area (Å²) in [4.78, 5) is 16.6. The van der Waals surface area contributed by atoms with Crippen molar-refractivity contribution in [2.24, 2.45) is 10.9 Å². The van der Waals surface area contributed by atoms with Gasteiger partial charge in [-0.1, -0.05) is 110 Å². The van der Waals surface area contributed by atoms with Crippen LogP contribution in [0.4, 0.5) is 0 Å². The Morgan fingerprint density at radius 2 is 1.42 bits per heavy atom. The molecule has 0 fully saturated rings. The third-order valence-electron chi connectivity index (χ3n) is 5.85. The van der Waals surface area contributed by atoms with Gasteiger partial charge in [-0.25, -0.2) is 4.79 Å². The van der Waals surface area contributed by atoms with E-state index in [1.54, 1.807) is 0 Å². The molecule has 1 aromatic carbocycles. The van der Waals surface area contributed by atoms with Crippen molar-refractivity contribution in [3.8, 4) is 0 Å². The van der Waals surface area contributed by atoms with Gasteiger partial charge >= 0.3 is 5.97 Å². The molecular weight excluding hydrogens is 382 g/mol. The average Bonchev–Trinajstić information content (AvgIpc) is 2.76. The molecule has 1 aromatic rings. The molecule has 0 aliphatic carbocycles. The Labute approximate surface area is 192 Å². The van der Waals surface area contributed by atoms with Gasteiger partial charge < -0.3 is 4.74 Å². The van der Waals surface area contributed by atoms with Crippen molar-refractivity contribution < 1.29 is 9.53 Å². The van der Waals surface area contributed by atoms with Gasteiger partial charge in [0.05, 0.1) is 6.61 Å². The van der Waals surface area contributed by atoms with Crippen molar-refractivity contribution in [2.75, 3.05) is 6.61 Å². The van der Waals surface area contributed by atoms with E-state index in [2.05, 4.69) is 57.0 Å². The van der Waals surface area contributed by atoms with E-state index in [1.165, 1.54) is 62.5 Å². The lowest BCUT2D eigenvalue weighted by atomic mass is 9.97. The lowest BCUT2D eigenvalue weighted by Gasteiger charge is -2.11. The van der Waals surface area contributed by atoms with Crippen molar-refractivity contribution in [1.29, 1.82) is 0 Å². The van der Waals surface area contributed by atoms with Gasteiger partial charge in [0.25, 0.3) is 0 Å². The van der Waals surface area contributed by atoms with E-state index in [1.807, 2.05) is 13.1 Å². The Kier molecular flexibility index (Phi) is 15.0. The summed E-state index contributed by atoms with van der Waals surface area (Å²) in [6, 6.07) is 8.39. The smallest absolute Gasteiger partial charge is 0.330 e. The molecule has 31 heavy (non-hydrogen) atoms. The van der Waals surface area contributed by atoms with E-state index in [4.69, 9.17) is 4.74 Å². The van der Waals surface area contributed by atoms with Gasteiger partial charge in [-0.2, -0.15) is 0 Å². The SMILES string of the molecule is CCCCCCCCCCCCOC(=O)C(C)N=CC(C)Cc1ccc(C(C)C)cc1. The minimum absolute atomic E-state index is 0.208. The van der Waals surface area contributed by atoms with Crippen molar-refractivity contribution in [3.63, 3.8) is 0 Å². The maximum atomic E-state index is 12.1. The number of unbranched alkanes of at least 4 members (excludes halogenated alkanes) is 9. The van der Waals surface area contributed by atoms with Gasteiger partial charge in [-0.05, 0) is 42.7 Å². The van der Waals surface area contributed by atoms with E-state index in [0.717, 1.165) is 19.3 Å². The number of esters is 1. The zero-order valence-corrected chi connectivity index (χ0v) is 20.9. The lowest BCUT2D eigenvalue weighted by molar-refractivity contribution is -0.144. The molecule has 0 N–H and O–H groups in total. The Hall–Kier alpha value is -1.64. The van der Waals surface area contributed by atoms with Crippen LogP contribution in [-0.4, -0.2) is 24.8 Å². The minimum Gasteiger partial charge on any atom is -0.464 e. The normalized spacial score (nSPS) is 13.6. The number of benzene rings is 1. The highest BCUT2D eigenvalue weighted by Gasteiger charge is 2.12. The molecular formula is C28H47NO2. The highest BCUT2D eigenvalue weighted by atomic mass is 16.5.